The zero-order valence-corrected chi connectivity index (χ0v) is 9.22. The van der Waals surface area contributed by atoms with Crippen LogP contribution in [0.5, 0.6) is 0 Å². The summed E-state index contributed by atoms with van der Waals surface area (Å²) in [6.45, 7) is 2.51. The van der Waals surface area contributed by atoms with E-state index in [-0.39, 0.29) is 12.4 Å². The van der Waals surface area contributed by atoms with Crippen molar-refractivity contribution < 1.29 is 14.6 Å². The number of pyridine rings is 1. The van der Waals surface area contributed by atoms with Gasteiger partial charge in [-0.1, -0.05) is 6.07 Å². The largest absolute Gasteiger partial charge is 0.383 e. The van der Waals surface area contributed by atoms with Crippen molar-refractivity contribution in [2.45, 2.75) is 37.8 Å². The van der Waals surface area contributed by atoms with Crippen molar-refractivity contribution in [1.29, 1.82) is 0 Å². The molecule has 1 aromatic rings. The van der Waals surface area contributed by atoms with E-state index < -0.39 is 5.60 Å². The van der Waals surface area contributed by atoms with Gasteiger partial charge in [0.1, 0.15) is 5.60 Å². The summed E-state index contributed by atoms with van der Waals surface area (Å²) in [6, 6.07) is 5.73. The summed E-state index contributed by atoms with van der Waals surface area (Å²) in [5, 5.41) is 10.6. The third-order valence-corrected chi connectivity index (χ3v) is 3.25. The molecule has 3 heterocycles. The lowest BCUT2D eigenvalue weighted by Crippen LogP contribution is -2.39. The van der Waals surface area contributed by atoms with Crippen molar-refractivity contribution in [3.05, 3.63) is 29.6 Å². The zero-order valence-electron chi connectivity index (χ0n) is 9.22. The van der Waals surface area contributed by atoms with E-state index in [0.29, 0.717) is 19.4 Å². The van der Waals surface area contributed by atoms with Crippen molar-refractivity contribution in [3.8, 4) is 0 Å². The monoisotopic (exact) mass is 221 g/mol. The summed E-state index contributed by atoms with van der Waals surface area (Å²) in [5.74, 6) is 0. The summed E-state index contributed by atoms with van der Waals surface area (Å²) in [4.78, 5) is 4.40. The van der Waals surface area contributed by atoms with Crippen LogP contribution in [0.2, 0.25) is 0 Å². The van der Waals surface area contributed by atoms with Crippen LogP contribution in [0.4, 0.5) is 0 Å². The van der Waals surface area contributed by atoms with Gasteiger partial charge in [0.25, 0.3) is 0 Å². The maximum absolute atomic E-state index is 10.6. The lowest BCUT2D eigenvalue weighted by molar-refractivity contribution is -0.160. The van der Waals surface area contributed by atoms with E-state index in [1.54, 1.807) is 0 Å². The molecule has 0 radical (unpaired) electrons. The first kappa shape index (κ1) is 10.2. The summed E-state index contributed by atoms with van der Waals surface area (Å²) in [5.41, 5.74) is 0.762. The number of rotatable bonds is 1. The molecule has 1 N–H and O–H groups in total. The highest BCUT2D eigenvalue weighted by atomic mass is 16.7. The molecule has 3 rings (SSSR count). The summed E-state index contributed by atoms with van der Waals surface area (Å²) in [7, 11) is 0. The average molecular weight is 221 g/mol. The van der Waals surface area contributed by atoms with Crippen LogP contribution < -0.4 is 0 Å². The smallest absolute Gasteiger partial charge is 0.161 e. The SMILES string of the molecule is Cc1cccc(C2(O)CC3COC(C2)O3)n1. The Hall–Kier alpha value is -0.970. The van der Waals surface area contributed by atoms with Crippen LogP contribution in [0.1, 0.15) is 24.2 Å². The first-order chi connectivity index (χ1) is 7.66. The van der Waals surface area contributed by atoms with Gasteiger partial charge in [0, 0.05) is 18.5 Å². The highest BCUT2D eigenvalue weighted by molar-refractivity contribution is 5.18. The second-order valence-corrected chi connectivity index (χ2v) is 4.63. The Morgan fingerprint density at radius 2 is 2.31 bits per heavy atom. The van der Waals surface area contributed by atoms with E-state index in [0.717, 1.165) is 11.4 Å². The van der Waals surface area contributed by atoms with Gasteiger partial charge in [-0.15, -0.1) is 0 Å². The predicted molar refractivity (Wildman–Crippen MR) is 56.7 cm³/mol. The van der Waals surface area contributed by atoms with Gasteiger partial charge >= 0.3 is 0 Å². The van der Waals surface area contributed by atoms with Crippen molar-refractivity contribution in [3.63, 3.8) is 0 Å². The molecule has 0 amide bonds. The minimum atomic E-state index is -0.893. The average Bonchev–Trinajstić information content (AvgIpc) is 2.59. The van der Waals surface area contributed by atoms with Crippen molar-refractivity contribution in [1.82, 2.24) is 4.98 Å². The zero-order chi connectivity index (χ0) is 11.2. The molecular formula is C12H15NO3. The fourth-order valence-corrected chi connectivity index (χ4v) is 2.47. The number of ether oxygens (including phenoxy) is 2. The maximum atomic E-state index is 10.6. The Kier molecular flexibility index (Phi) is 2.24. The maximum Gasteiger partial charge on any atom is 0.161 e. The van der Waals surface area contributed by atoms with Gasteiger partial charge < -0.3 is 14.6 Å². The third-order valence-electron chi connectivity index (χ3n) is 3.25. The summed E-state index contributed by atoms with van der Waals surface area (Å²) >= 11 is 0. The third kappa shape index (κ3) is 1.63. The number of aliphatic hydroxyl groups is 1. The van der Waals surface area contributed by atoms with Crippen LogP contribution in [-0.2, 0) is 15.1 Å². The number of fused-ring (bicyclic) bond motifs is 2. The van der Waals surface area contributed by atoms with Crippen molar-refractivity contribution in [2.75, 3.05) is 6.61 Å². The molecule has 16 heavy (non-hydrogen) atoms. The minimum Gasteiger partial charge on any atom is -0.383 e. The number of nitrogens with zero attached hydrogens (tertiary/aromatic N) is 1. The van der Waals surface area contributed by atoms with Crippen LogP contribution in [0.25, 0.3) is 0 Å². The van der Waals surface area contributed by atoms with Gasteiger partial charge in [-0.2, -0.15) is 0 Å². The molecule has 2 aliphatic heterocycles. The second-order valence-electron chi connectivity index (χ2n) is 4.63. The Balaban J connectivity index is 1.93. The molecule has 86 valence electrons. The molecule has 0 saturated carbocycles. The minimum absolute atomic E-state index is 0.00561. The Bertz CT molecular complexity index is 395. The molecule has 2 saturated heterocycles. The summed E-state index contributed by atoms with van der Waals surface area (Å²) < 4.78 is 10.9. The molecule has 0 spiro atoms. The van der Waals surface area contributed by atoms with E-state index in [4.69, 9.17) is 9.47 Å². The van der Waals surface area contributed by atoms with E-state index in [9.17, 15) is 5.11 Å². The number of hydrogen-bond acceptors (Lipinski definition) is 4. The van der Waals surface area contributed by atoms with E-state index in [2.05, 4.69) is 4.98 Å². The molecule has 4 nitrogen and oxygen atoms in total. The van der Waals surface area contributed by atoms with E-state index >= 15 is 0 Å². The van der Waals surface area contributed by atoms with E-state index in [1.165, 1.54) is 0 Å². The molecule has 0 aromatic carbocycles. The molecular weight excluding hydrogens is 206 g/mol. The molecule has 0 aliphatic carbocycles. The van der Waals surface area contributed by atoms with Crippen LogP contribution in [0.15, 0.2) is 18.2 Å². The molecule has 3 atom stereocenters. The Morgan fingerprint density at radius 1 is 1.44 bits per heavy atom. The summed E-state index contributed by atoms with van der Waals surface area (Å²) in [6.07, 6.45) is 0.775. The number of hydrogen-bond donors (Lipinski definition) is 1. The van der Waals surface area contributed by atoms with Gasteiger partial charge in [0.05, 0.1) is 18.4 Å². The lowest BCUT2D eigenvalue weighted by Gasteiger charge is -2.34. The second kappa shape index (κ2) is 3.52. The van der Waals surface area contributed by atoms with Crippen LogP contribution in [0.3, 0.4) is 0 Å². The molecule has 1 aromatic heterocycles. The van der Waals surface area contributed by atoms with Gasteiger partial charge in [0.15, 0.2) is 6.29 Å². The first-order valence-electron chi connectivity index (χ1n) is 5.59. The molecule has 2 bridgehead atoms. The fourth-order valence-electron chi connectivity index (χ4n) is 2.47. The topological polar surface area (TPSA) is 51.6 Å². The lowest BCUT2D eigenvalue weighted by atomic mass is 9.87. The molecule has 3 unspecified atom stereocenters. The van der Waals surface area contributed by atoms with E-state index in [1.807, 2.05) is 25.1 Å². The van der Waals surface area contributed by atoms with Crippen molar-refractivity contribution in [2.24, 2.45) is 0 Å². The first-order valence-corrected chi connectivity index (χ1v) is 5.59. The normalized spacial score (nSPS) is 37.6. The standard InChI is InChI=1S/C12H15NO3/c1-8-3-2-4-10(13-8)12(14)5-9-7-15-11(6-12)16-9/h2-4,9,11,14H,5-7H2,1H3. The van der Waals surface area contributed by atoms with Crippen LogP contribution in [-0.4, -0.2) is 29.1 Å². The molecule has 2 aliphatic rings. The van der Waals surface area contributed by atoms with Crippen LogP contribution >= 0.6 is 0 Å². The molecule has 4 heteroatoms. The highest BCUT2D eigenvalue weighted by Gasteiger charge is 2.46. The van der Waals surface area contributed by atoms with Crippen molar-refractivity contribution >= 4 is 0 Å². The molecule has 2 fully saturated rings. The quantitative estimate of drug-likeness (QED) is 0.772. The van der Waals surface area contributed by atoms with Gasteiger partial charge in [-0.3, -0.25) is 4.98 Å². The van der Waals surface area contributed by atoms with Gasteiger partial charge in [-0.05, 0) is 19.1 Å². The highest BCUT2D eigenvalue weighted by Crippen LogP contribution is 2.40. The number of aromatic nitrogens is 1. The van der Waals surface area contributed by atoms with Gasteiger partial charge in [-0.25, -0.2) is 0 Å². The Labute approximate surface area is 94.2 Å². The number of aryl methyl sites for hydroxylation is 1. The predicted octanol–water partition coefficient (Wildman–Crippen LogP) is 1.11. The van der Waals surface area contributed by atoms with Gasteiger partial charge in [0.2, 0.25) is 0 Å². The van der Waals surface area contributed by atoms with Crippen LogP contribution in [0, 0.1) is 6.92 Å². The fraction of sp³-hybridized carbons (Fsp3) is 0.583. The Morgan fingerprint density at radius 3 is 3.06 bits per heavy atom.